The molecule has 1 aliphatic rings. The zero-order valence-corrected chi connectivity index (χ0v) is 18.0. The third kappa shape index (κ3) is 6.09. The van der Waals surface area contributed by atoms with Crippen molar-refractivity contribution in [3.63, 3.8) is 0 Å². The molecule has 0 amide bonds. The van der Waals surface area contributed by atoms with E-state index in [1.165, 1.54) is 35.6 Å². The average molecular weight is 456 g/mol. The summed E-state index contributed by atoms with van der Waals surface area (Å²) in [7, 11) is 0. The van der Waals surface area contributed by atoms with Gasteiger partial charge in [-0.1, -0.05) is 6.07 Å². The number of nitriles is 1. The minimum atomic E-state index is -0.699. The van der Waals surface area contributed by atoms with Gasteiger partial charge >= 0.3 is 5.97 Å². The third-order valence-corrected chi connectivity index (χ3v) is 5.70. The number of halogens is 1. The molecule has 0 aliphatic carbocycles. The normalized spacial score (nSPS) is 14.3. The molecule has 1 fully saturated rings. The zero-order valence-electron chi connectivity index (χ0n) is 17.2. The summed E-state index contributed by atoms with van der Waals surface area (Å²) in [5.74, 6) is -1.98. The highest BCUT2D eigenvalue weighted by Crippen LogP contribution is 2.25. The molecule has 0 saturated carbocycles. The number of carbonyl (C=O) groups excluding carboxylic acids is 3. The summed E-state index contributed by atoms with van der Waals surface area (Å²) in [5.41, 5.74) is 0.678. The molecule has 0 spiro atoms. The third-order valence-electron chi connectivity index (χ3n) is 4.79. The molecule has 32 heavy (non-hydrogen) atoms. The summed E-state index contributed by atoms with van der Waals surface area (Å²) in [6.07, 6.45) is -0.188. The first-order valence-electron chi connectivity index (χ1n) is 9.98. The van der Waals surface area contributed by atoms with Crippen molar-refractivity contribution in [2.45, 2.75) is 12.8 Å². The minimum absolute atomic E-state index is 0.0247. The molecule has 2 aromatic rings. The van der Waals surface area contributed by atoms with E-state index in [1.54, 1.807) is 17.5 Å². The van der Waals surface area contributed by atoms with Gasteiger partial charge in [-0.05, 0) is 41.3 Å². The van der Waals surface area contributed by atoms with Gasteiger partial charge in [-0.25, -0.2) is 4.39 Å². The minimum Gasteiger partial charge on any atom is -0.457 e. The fraction of sp³-hybridized carbons (Fsp3) is 0.304. The van der Waals surface area contributed by atoms with Crippen LogP contribution in [0.5, 0.6) is 0 Å². The maximum atomic E-state index is 13.4. The number of ether oxygens (including phenoxy) is 2. The van der Waals surface area contributed by atoms with Crippen LogP contribution >= 0.6 is 11.3 Å². The molecule has 1 aromatic heterocycles. The van der Waals surface area contributed by atoms with E-state index >= 15 is 0 Å². The van der Waals surface area contributed by atoms with Gasteiger partial charge in [0.25, 0.3) is 0 Å². The van der Waals surface area contributed by atoms with E-state index in [0.717, 1.165) is 0 Å². The predicted molar refractivity (Wildman–Crippen MR) is 115 cm³/mol. The number of benzene rings is 1. The highest BCUT2D eigenvalue weighted by atomic mass is 32.1. The summed E-state index contributed by atoms with van der Waals surface area (Å²) in [4.78, 5) is 39.2. The van der Waals surface area contributed by atoms with Crippen molar-refractivity contribution in [2.75, 3.05) is 32.9 Å². The fourth-order valence-electron chi connectivity index (χ4n) is 3.19. The van der Waals surface area contributed by atoms with Crippen LogP contribution in [0.15, 0.2) is 47.4 Å². The highest BCUT2D eigenvalue weighted by Gasteiger charge is 2.24. The number of nitrogens with zero attached hydrogens (tertiary/aromatic N) is 2. The van der Waals surface area contributed by atoms with Crippen LogP contribution in [0.1, 0.15) is 28.1 Å². The quantitative estimate of drug-likeness (QED) is 0.247. The maximum Gasteiger partial charge on any atom is 0.306 e. The van der Waals surface area contributed by atoms with Crippen molar-refractivity contribution in [3.05, 3.63) is 63.6 Å². The lowest BCUT2D eigenvalue weighted by molar-refractivity contribution is -0.146. The number of rotatable bonds is 9. The van der Waals surface area contributed by atoms with Gasteiger partial charge in [0, 0.05) is 19.5 Å². The van der Waals surface area contributed by atoms with E-state index < -0.39 is 24.2 Å². The Balaban J connectivity index is 1.70. The molecule has 1 aromatic carbocycles. The first kappa shape index (κ1) is 23.3. The van der Waals surface area contributed by atoms with Crippen molar-refractivity contribution >= 4 is 34.6 Å². The summed E-state index contributed by atoms with van der Waals surface area (Å²) < 4.78 is 23.8. The number of Topliss-reactive ketones (excluding diaryl/α,β-unsaturated/α-hetero) is 2. The SMILES string of the molecule is N#CC(C(=O)COC(=O)CCC(=O)c1cccs1)=C(c1ccc(F)cc1)N1CCOCC1. The van der Waals surface area contributed by atoms with Crippen molar-refractivity contribution in [3.8, 4) is 6.07 Å². The van der Waals surface area contributed by atoms with Gasteiger partial charge in [0.2, 0.25) is 5.78 Å². The molecule has 166 valence electrons. The van der Waals surface area contributed by atoms with E-state index in [4.69, 9.17) is 9.47 Å². The number of morpholine rings is 1. The predicted octanol–water partition coefficient (Wildman–Crippen LogP) is 3.23. The molecule has 7 nitrogen and oxygen atoms in total. The molecular formula is C23H21FN2O5S. The first-order chi connectivity index (χ1) is 15.5. The summed E-state index contributed by atoms with van der Waals surface area (Å²) >= 11 is 1.29. The summed E-state index contributed by atoms with van der Waals surface area (Å²) in [6.45, 7) is 1.13. The molecule has 0 bridgehead atoms. The number of thiophene rings is 1. The molecular weight excluding hydrogens is 435 g/mol. The molecule has 0 unspecified atom stereocenters. The lowest BCUT2D eigenvalue weighted by Gasteiger charge is -2.32. The summed E-state index contributed by atoms with van der Waals surface area (Å²) in [5, 5.41) is 11.5. The lowest BCUT2D eigenvalue weighted by Crippen LogP contribution is -2.36. The Morgan fingerprint density at radius 3 is 2.47 bits per heavy atom. The van der Waals surface area contributed by atoms with Crippen LogP contribution in [0, 0.1) is 17.1 Å². The standard InChI is InChI=1S/C23H21FN2O5S/c24-17-5-3-16(4-6-17)23(26-9-11-30-12-10-26)18(14-25)20(28)15-31-22(29)8-7-19(27)21-2-1-13-32-21/h1-6,13H,7-12,15H2. The molecule has 1 saturated heterocycles. The smallest absolute Gasteiger partial charge is 0.306 e. The van der Waals surface area contributed by atoms with Crippen molar-refractivity contribution in [1.29, 1.82) is 5.26 Å². The first-order valence-corrected chi connectivity index (χ1v) is 10.9. The number of carbonyl (C=O) groups is 3. The van der Waals surface area contributed by atoms with Gasteiger partial charge in [-0.15, -0.1) is 11.3 Å². The molecule has 1 aliphatic heterocycles. The van der Waals surface area contributed by atoms with Crippen LogP contribution in [0.3, 0.4) is 0 Å². The molecule has 0 N–H and O–H groups in total. The van der Waals surface area contributed by atoms with Crippen LogP contribution < -0.4 is 0 Å². The van der Waals surface area contributed by atoms with E-state index in [0.29, 0.717) is 42.4 Å². The van der Waals surface area contributed by atoms with Crippen molar-refractivity contribution in [2.24, 2.45) is 0 Å². The van der Waals surface area contributed by atoms with Crippen LogP contribution in [0.2, 0.25) is 0 Å². The number of hydrogen-bond acceptors (Lipinski definition) is 8. The topological polar surface area (TPSA) is 96.7 Å². The van der Waals surface area contributed by atoms with Crippen LogP contribution in [-0.2, 0) is 19.1 Å². The molecule has 3 rings (SSSR count). The largest absolute Gasteiger partial charge is 0.457 e. The summed E-state index contributed by atoms with van der Waals surface area (Å²) in [6, 6.07) is 10.8. The molecule has 2 heterocycles. The van der Waals surface area contributed by atoms with E-state index in [-0.39, 0.29) is 24.2 Å². The Morgan fingerprint density at radius 2 is 1.84 bits per heavy atom. The molecule has 0 atom stereocenters. The Hall–Kier alpha value is -3.35. The second-order valence-electron chi connectivity index (χ2n) is 6.93. The van der Waals surface area contributed by atoms with Gasteiger partial charge < -0.3 is 14.4 Å². The van der Waals surface area contributed by atoms with Crippen LogP contribution in [-0.4, -0.2) is 55.3 Å². The van der Waals surface area contributed by atoms with E-state index in [9.17, 15) is 24.0 Å². The van der Waals surface area contributed by atoms with Gasteiger partial charge in [0.05, 0.1) is 30.2 Å². The van der Waals surface area contributed by atoms with Gasteiger partial charge in [0.15, 0.2) is 12.4 Å². The zero-order chi connectivity index (χ0) is 22.9. The van der Waals surface area contributed by atoms with Gasteiger partial charge in [0.1, 0.15) is 17.5 Å². The average Bonchev–Trinajstić information content (AvgIpc) is 3.36. The fourth-order valence-corrected chi connectivity index (χ4v) is 3.89. The number of hydrogen-bond donors (Lipinski definition) is 0. The van der Waals surface area contributed by atoms with E-state index in [2.05, 4.69) is 0 Å². The monoisotopic (exact) mass is 456 g/mol. The Morgan fingerprint density at radius 1 is 1.12 bits per heavy atom. The lowest BCUT2D eigenvalue weighted by atomic mass is 10.0. The second kappa shape index (κ2) is 11.3. The maximum absolute atomic E-state index is 13.4. The van der Waals surface area contributed by atoms with Gasteiger partial charge in [-0.3, -0.25) is 14.4 Å². The van der Waals surface area contributed by atoms with Gasteiger partial charge in [-0.2, -0.15) is 5.26 Å². The Kier molecular flexibility index (Phi) is 8.25. The highest BCUT2D eigenvalue weighted by molar-refractivity contribution is 7.12. The van der Waals surface area contributed by atoms with Crippen molar-refractivity contribution in [1.82, 2.24) is 4.90 Å². The van der Waals surface area contributed by atoms with E-state index in [1.807, 2.05) is 11.0 Å². The Labute approximate surface area is 188 Å². The second-order valence-corrected chi connectivity index (χ2v) is 7.87. The van der Waals surface area contributed by atoms with Crippen LogP contribution in [0.4, 0.5) is 4.39 Å². The molecule has 0 radical (unpaired) electrons. The molecule has 9 heteroatoms. The van der Waals surface area contributed by atoms with Crippen molar-refractivity contribution < 1.29 is 28.2 Å². The Bertz CT molecular complexity index is 1040. The number of esters is 1. The van der Waals surface area contributed by atoms with Crippen LogP contribution in [0.25, 0.3) is 5.70 Å². The number of ketones is 2.